The number of aliphatic hydroxyl groups excluding tert-OH is 4. The zero-order valence-corrected chi connectivity index (χ0v) is 34.3. The molecule has 4 saturated heterocycles. The van der Waals surface area contributed by atoms with E-state index in [1.165, 1.54) is 31.2 Å². The zero-order valence-electron chi connectivity index (χ0n) is 34.3. The Bertz CT molecular complexity index is 1930. The summed E-state index contributed by atoms with van der Waals surface area (Å²) in [4.78, 5) is 43.5. The number of ketones is 3. The van der Waals surface area contributed by atoms with E-state index in [1.54, 1.807) is 20.8 Å². The molecular formula is C43H56O17. The Morgan fingerprint density at radius 2 is 1.38 bits per heavy atom. The number of hydrogen-bond acceptors (Lipinski definition) is 17. The molecule has 4 aliphatic heterocycles. The van der Waals surface area contributed by atoms with E-state index >= 15 is 0 Å². The van der Waals surface area contributed by atoms with Gasteiger partial charge in [0.15, 0.2) is 41.8 Å². The number of aromatic hydroxyl groups is 1. The molecule has 1 saturated carbocycles. The minimum atomic E-state index is -2.47. The molecule has 0 spiro atoms. The van der Waals surface area contributed by atoms with E-state index in [4.69, 9.17) is 33.2 Å². The fourth-order valence-corrected chi connectivity index (χ4v) is 10.1. The molecule has 1 unspecified atom stereocenters. The second-order valence-electron chi connectivity index (χ2n) is 17.9. The maximum Gasteiger partial charge on any atom is 0.198 e. The molecule has 8 rings (SSSR count). The van der Waals surface area contributed by atoms with Gasteiger partial charge in [-0.25, -0.2) is 0 Å². The number of rotatable bonds is 7. The van der Waals surface area contributed by atoms with Gasteiger partial charge in [-0.05, 0) is 59.6 Å². The van der Waals surface area contributed by atoms with E-state index in [0.717, 1.165) is 0 Å². The van der Waals surface area contributed by atoms with Crippen LogP contribution in [0.1, 0.15) is 118 Å². The number of hydrogen-bond donors (Lipinski definition) is 7. The zero-order chi connectivity index (χ0) is 43.2. The van der Waals surface area contributed by atoms with Crippen LogP contribution >= 0.6 is 0 Å². The third-order valence-electron chi connectivity index (χ3n) is 13.3. The van der Waals surface area contributed by atoms with Crippen LogP contribution in [0.4, 0.5) is 0 Å². The van der Waals surface area contributed by atoms with Crippen LogP contribution in [0.2, 0.25) is 0 Å². The van der Waals surface area contributed by atoms with E-state index < -0.39 is 144 Å². The van der Waals surface area contributed by atoms with Gasteiger partial charge in [0.05, 0.1) is 71.7 Å². The molecule has 0 aromatic heterocycles. The first kappa shape index (κ1) is 43.6. The molecule has 0 bridgehead atoms. The molecule has 60 heavy (non-hydrogen) atoms. The van der Waals surface area contributed by atoms with Gasteiger partial charge in [-0.15, -0.1) is 0 Å². The molecule has 3 aliphatic carbocycles. The van der Waals surface area contributed by atoms with Crippen molar-refractivity contribution >= 4 is 17.3 Å². The number of Topliss-reactive ketones (excluding diaryl/α,β-unsaturated/α-hetero) is 3. The highest BCUT2D eigenvalue weighted by Gasteiger charge is 2.69. The lowest BCUT2D eigenvalue weighted by atomic mass is 9.57. The summed E-state index contributed by atoms with van der Waals surface area (Å²) in [6.07, 6.45) is -8.39. The fourth-order valence-electron chi connectivity index (χ4n) is 10.1. The number of phenols is 1. The number of aliphatic hydroxyl groups is 6. The van der Waals surface area contributed by atoms with Gasteiger partial charge in [0, 0.05) is 55.2 Å². The molecule has 0 radical (unpaired) electrons. The molecule has 7 N–H and O–H groups in total. The highest BCUT2D eigenvalue weighted by atomic mass is 16.7. The summed E-state index contributed by atoms with van der Waals surface area (Å²) in [7, 11) is 0. The van der Waals surface area contributed by atoms with Gasteiger partial charge in [-0.3, -0.25) is 14.4 Å². The van der Waals surface area contributed by atoms with Crippen molar-refractivity contribution in [3.8, 4) is 5.75 Å². The van der Waals surface area contributed by atoms with Crippen LogP contribution in [0, 0.1) is 0 Å². The Labute approximate surface area is 346 Å². The Morgan fingerprint density at radius 3 is 2.08 bits per heavy atom. The summed E-state index contributed by atoms with van der Waals surface area (Å²) in [5.41, 5.74) is -7.56. The third-order valence-corrected chi connectivity index (χ3v) is 13.3. The number of carbonyl (C=O) groups is 3. The summed E-state index contributed by atoms with van der Waals surface area (Å²) in [5, 5.41) is 76.8. The molecule has 17 atom stereocenters. The summed E-state index contributed by atoms with van der Waals surface area (Å²) < 4.78 is 42.7. The van der Waals surface area contributed by atoms with E-state index in [2.05, 4.69) is 0 Å². The van der Waals surface area contributed by atoms with Crippen molar-refractivity contribution in [3.63, 3.8) is 0 Å². The average molecular weight is 845 g/mol. The van der Waals surface area contributed by atoms with Gasteiger partial charge in [-0.2, -0.15) is 0 Å². The lowest BCUT2D eigenvalue weighted by Gasteiger charge is -2.55. The summed E-state index contributed by atoms with van der Waals surface area (Å²) >= 11 is 0. The standard InChI is InChI=1S/C43H56O17/c1-18-25(44)8-10-32(55-18)60-43-30(46)16-41(5,52)17-42(43,53)13-12-24-35(43)40(51)23-7-6-22(38(49)34(23)39(24)50)28-15-29(37(48)21(4)54-28)59-31-11-9-27(19(2)56-31)58-33-14-26(45)36(47)20(3)57-33/h6-7,12-13,18-21,25-29,31-33,36-37,44-45,47-49,52-53H,8-11,14-17H2,1-5H3/t18-,19-,20+,21+,25-,26+,27-,28?,29+,31-,32-,33-,36+,37+,41-,42-,43+/m0/s1. The van der Waals surface area contributed by atoms with Gasteiger partial charge >= 0.3 is 0 Å². The Morgan fingerprint density at radius 1 is 0.717 bits per heavy atom. The lowest BCUT2D eigenvalue weighted by molar-refractivity contribution is -0.306. The summed E-state index contributed by atoms with van der Waals surface area (Å²) in [5.74, 6) is -3.03. The van der Waals surface area contributed by atoms with Crippen molar-refractivity contribution in [2.45, 2.75) is 189 Å². The number of ether oxygens (including phenoxy) is 7. The van der Waals surface area contributed by atoms with Crippen LogP contribution in [0.3, 0.4) is 0 Å². The van der Waals surface area contributed by atoms with Gasteiger partial charge < -0.3 is 68.9 Å². The van der Waals surface area contributed by atoms with Crippen LogP contribution in [0.25, 0.3) is 0 Å². The Balaban J connectivity index is 1.03. The number of allylic oxidation sites excluding steroid dienone is 2. The summed E-state index contributed by atoms with van der Waals surface area (Å²) in [6, 6.07) is 2.78. The van der Waals surface area contributed by atoms with Crippen LogP contribution in [-0.2, 0) is 38.0 Å². The molecule has 0 amide bonds. The smallest absolute Gasteiger partial charge is 0.198 e. The monoisotopic (exact) mass is 844 g/mol. The minimum absolute atomic E-state index is 0.0307. The predicted octanol–water partition coefficient (Wildman–Crippen LogP) is 1.49. The molecule has 17 nitrogen and oxygen atoms in total. The maximum absolute atomic E-state index is 14.7. The first-order valence-electron chi connectivity index (χ1n) is 20.9. The van der Waals surface area contributed by atoms with Crippen LogP contribution in [-0.4, -0.2) is 150 Å². The topological polar surface area (TPSA) is 257 Å². The van der Waals surface area contributed by atoms with E-state index in [0.29, 0.717) is 12.8 Å². The molecule has 7 aliphatic rings. The number of fused-ring (bicyclic) bond motifs is 3. The summed E-state index contributed by atoms with van der Waals surface area (Å²) in [6.45, 7) is 8.11. The highest BCUT2D eigenvalue weighted by Crippen LogP contribution is 2.55. The average Bonchev–Trinajstić information content (AvgIpc) is 3.17. The maximum atomic E-state index is 14.7. The van der Waals surface area contributed by atoms with Crippen molar-refractivity contribution in [1.82, 2.24) is 0 Å². The van der Waals surface area contributed by atoms with E-state index in [-0.39, 0.29) is 47.9 Å². The number of phenolic OH excluding ortho intramolecular Hbond substituents is 1. The molecule has 1 aromatic carbocycles. The quantitative estimate of drug-likeness (QED) is 0.205. The van der Waals surface area contributed by atoms with Gasteiger partial charge in [0.1, 0.15) is 23.6 Å². The molecular weight excluding hydrogens is 788 g/mol. The minimum Gasteiger partial charge on any atom is -0.507 e. The van der Waals surface area contributed by atoms with Crippen molar-refractivity contribution < 1.29 is 83.3 Å². The van der Waals surface area contributed by atoms with Crippen molar-refractivity contribution in [1.29, 1.82) is 0 Å². The predicted molar refractivity (Wildman–Crippen MR) is 204 cm³/mol. The first-order chi connectivity index (χ1) is 28.2. The lowest BCUT2D eigenvalue weighted by Crippen LogP contribution is -2.71. The Hall–Kier alpha value is -3.01. The second kappa shape index (κ2) is 16.0. The van der Waals surface area contributed by atoms with Crippen LogP contribution < -0.4 is 0 Å². The third kappa shape index (κ3) is 7.42. The molecule has 17 heteroatoms. The second-order valence-corrected chi connectivity index (χ2v) is 17.9. The molecule has 1 aromatic rings. The fraction of sp³-hybridized carbons (Fsp3) is 0.698. The van der Waals surface area contributed by atoms with Crippen molar-refractivity contribution in [2.24, 2.45) is 0 Å². The van der Waals surface area contributed by atoms with Crippen molar-refractivity contribution in [3.05, 3.63) is 52.1 Å². The van der Waals surface area contributed by atoms with Gasteiger partial charge in [-0.1, -0.05) is 12.1 Å². The number of benzene rings is 1. The van der Waals surface area contributed by atoms with E-state index in [9.17, 15) is 50.1 Å². The largest absolute Gasteiger partial charge is 0.507 e. The highest BCUT2D eigenvalue weighted by molar-refractivity contribution is 6.32. The van der Waals surface area contributed by atoms with E-state index in [1.807, 2.05) is 6.92 Å². The van der Waals surface area contributed by atoms with Gasteiger partial charge in [0.25, 0.3) is 0 Å². The Kier molecular flexibility index (Phi) is 11.6. The SMILES string of the molecule is C[C@@H]1O[C@@H](O[C@@H]2CC(c3ccc4c(c3O)C(=O)C3=C(C4=O)[C@]4(O[C@H]5CC[C@H](O)[C@H](C)O5)C(=O)C[C@](C)(O)C[C@@]4(O)C=C3)O[C@H](C)[C@H]2O)CC[C@@H]1O[C@H]1C[C@@H](O)[C@H](O)[C@@H](C)O1. The first-order valence-corrected chi connectivity index (χ1v) is 20.9. The van der Waals surface area contributed by atoms with Crippen LogP contribution in [0.5, 0.6) is 5.75 Å². The van der Waals surface area contributed by atoms with Gasteiger partial charge in [0.2, 0.25) is 0 Å². The molecule has 5 fully saturated rings. The number of carbonyl (C=O) groups excluding carboxylic acids is 3. The van der Waals surface area contributed by atoms with Crippen LogP contribution in [0.15, 0.2) is 35.4 Å². The normalized spacial score (nSPS) is 45.9. The molecule has 330 valence electrons. The van der Waals surface area contributed by atoms with Crippen molar-refractivity contribution in [2.75, 3.05) is 0 Å². The molecule has 4 heterocycles.